The fourth-order valence-corrected chi connectivity index (χ4v) is 4.11. The molecule has 96 valence electrons. The number of halogens is 3. The summed E-state index contributed by atoms with van der Waals surface area (Å²) in [5, 5.41) is 1.97. The molecule has 5 heteroatoms. The lowest BCUT2D eigenvalue weighted by atomic mass is 10.1. The molecule has 0 saturated carbocycles. The first kappa shape index (κ1) is 14.6. The minimum Gasteiger partial charge on any atom is -0.494 e. The minimum atomic E-state index is -0.130. The van der Waals surface area contributed by atoms with Crippen molar-refractivity contribution in [1.29, 1.82) is 0 Å². The van der Waals surface area contributed by atoms with Gasteiger partial charge in [0.1, 0.15) is 5.75 Å². The standard InChI is InChI=1S/C13H11BrClIOS/c1-2-17-9-3-4-10(11(14)6-9)13(15)8-5-12(16)18-7-8/h3-7,13H,2H2,1H3. The van der Waals surface area contributed by atoms with Crippen LogP contribution in [-0.2, 0) is 0 Å². The molecule has 2 rings (SSSR count). The Morgan fingerprint density at radius 1 is 1.44 bits per heavy atom. The topological polar surface area (TPSA) is 9.23 Å². The molecule has 0 amide bonds. The molecule has 0 radical (unpaired) electrons. The summed E-state index contributed by atoms with van der Waals surface area (Å²) >= 11 is 14.1. The molecule has 0 spiro atoms. The molecule has 0 aliphatic heterocycles. The highest BCUT2D eigenvalue weighted by Gasteiger charge is 2.15. The van der Waals surface area contributed by atoms with Gasteiger partial charge in [-0.3, -0.25) is 0 Å². The monoisotopic (exact) mass is 456 g/mol. The lowest BCUT2D eigenvalue weighted by molar-refractivity contribution is 0.340. The molecule has 0 aliphatic carbocycles. The fraction of sp³-hybridized carbons (Fsp3) is 0.231. The molecule has 2 aromatic rings. The quantitative estimate of drug-likeness (QED) is 0.414. The molecule has 0 N–H and O–H groups in total. The van der Waals surface area contributed by atoms with Gasteiger partial charge in [0.15, 0.2) is 0 Å². The number of rotatable bonds is 4. The van der Waals surface area contributed by atoms with Crippen LogP contribution in [0.15, 0.2) is 34.1 Å². The molecule has 1 nitrogen and oxygen atoms in total. The van der Waals surface area contributed by atoms with Crippen LogP contribution >= 0.6 is 61.5 Å². The zero-order chi connectivity index (χ0) is 13.1. The van der Waals surface area contributed by atoms with Gasteiger partial charge >= 0.3 is 0 Å². The lowest BCUT2D eigenvalue weighted by Gasteiger charge is -2.12. The van der Waals surface area contributed by atoms with Crippen molar-refractivity contribution in [3.8, 4) is 5.75 Å². The Balaban J connectivity index is 2.28. The van der Waals surface area contributed by atoms with Crippen molar-refractivity contribution in [3.63, 3.8) is 0 Å². The Bertz CT molecular complexity index is 544. The van der Waals surface area contributed by atoms with Gasteiger partial charge in [-0.05, 0) is 64.2 Å². The number of benzene rings is 1. The zero-order valence-electron chi connectivity index (χ0n) is 9.62. The van der Waals surface area contributed by atoms with Crippen molar-refractivity contribution in [1.82, 2.24) is 0 Å². The summed E-state index contributed by atoms with van der Waals surface area (Å²) in [7, 11) is 0. The van der Waals surface area contributed by atoms with Crippen LogP contribution < -0.4 is 4.74 Å². The van der Waals surface area contributed by atoms with Crippen LogP contribution in [-0.4, -0.2) is 6.61 Å². The van der Waals surface area contributed by atoms with E-state index >= 15 is 0 Å². The van der Waals surface area contributed by atoms with Crippen molar-refractivity contribution in [2.75, 3.05) is 6.61 Å². The summed E-state index contributed by atoms with van der Waals surface area (Å²) in [6, 6.07) is 8.05. The maximum Gasteiger partial charge on any atom is 0.120 e. The first-order valence-electron chi connectivity index (χ1n) is 5.42. The molecule has 0 fully saturated rings. The zero-order valence-corrected chi connectivity index (χ0v) is 14.9. The van der Waals surface area contributed by atoms with Crippen molar-refractivity contribution in [2.24, 2.45) is 0 Å². The summed E-state index contributed by atoms with van der Waals surface area (Å²) in [4.78, 5) is 0. The Labute approximate surface area is 138 Å². The van der Waals surface area contributed by atoms with Crippen LogP contribution in [0.5, 0.6) is 5.75 Å². The van der Waals surface area contributed by atoms with Crippen LogP contribution in [0.25, 0.3) is 0 Å². The van der Waals surface area contributed by atoms with E-state index in [1.54, 1.807) is 11.3 Å². The van der Waals surface area contributed by atoms with Gasteiger partial charge in [0.05, 0.1) is 14.9 Å². The van der Waals surface area contributed by atoms with E-state index in [2.05, 4.69) is 50.0 Å². The molecular formula is C13H11BrClIOS. The average molecular weight is 458 g/mol. The van der Waals surface area contributed by atoms with Crippen LogP contribution in [0.1, 0.15) is 23.4 Å². The van der Waals surface area contributed by atoms with E-state index in [1.165, 1.54) is 2.88 Å². The van der Waals surface area contributed by atoms with Crippen LogP contribution in [0.3, 0.4) is 0 Å². The largest absolute Gasteiger partial charge is 0.494 e. The Morgan fingerprint density at radius 2 is 2.22 bits per heavy atom. The van der Waals surface area contributed by atoms with Gasteiger partial charge in [0, 0.05) is 4.47 Å². The van der Waals surface area contributed by atoms with E-state index in [0.29, 0.717) is 6.61 Å². The Kier molecular flexibility index (Phi) is 5.35. The third kappa shape index (κ3) is 3.40. The maximum absolute atomic E-state index is 6.51. The fourth-order valence-electron chi connectivity index (χ4n) is 1.61. The van der Waals surface area contributed by atoms with Gasteiger partial charge in [-0.2, -0.15) is 0 Å². The number of hydrogen-bond acceptors (Lipinski definition) is 2. The van der Waals surface area contributed by atoms with E-state index in [-0.39, 0.29) is 5.38 Å². The van der Waals surface area contributed by atoms with E-state index in [9.17, 15) is 0 Å². The molecule has 1 atom stereocenters. The number of ether oxygens (including phenoxy) is 1. The third-order valence-electron chi connectivity index (χ3n) is 2.44. The van der Waals surface area contributed by atoms with Crippen LogP contribution in [0, 0.1) is 2.88 Å². The van der Waals surface area contributed by atoms with Crippen molar-refractivity contribution >= 4 is 61.5 Å². The highest BCUT2D eigenvalue weighted by molar-refractivity contribution is 14.1. The normalized spacial score (nSPS) is 12.4. The van der Waals surface area contributed by atoms with Crippen molar-refractivity contribution in [2.45, 2.75) is 12.3 Å². The van der Waals surface area contributed by atoms with Crippen molar-refractivity contribution in [3.05, 3.63) is 48.1 Å². The number of alkyl halides is 1. The molecule has 1 heterocycles. The highest BCUT2D eigenvalue weighted by atomic mass is 127. The second-order valence-electron chi connectivity index (χ2n) is 3.66. The number of hydrogen-bond donors (Lipinski definition) is 0. The predicted octanol–water partition coefficient (Wildman–Crippen LogP) is 5.84. The van der Waals surface area contributed by atoms with E-state index in [4.69, 9.17) is 16.3 Å². The summed E-state index contributed by atoms with van der Waals surface area (Å²) in [6.07, 6.45) is 0. The molecule has 18 heavy (non-hydrogen) atoms. The SMILES string of the molecule is CCOc1ccc(C(Cl)c2csc(I)c2)c(Br)c1. The summed E-state index contributed by atoms with van der Waals surface area (Å²) in [5.41, 5.74) is 2.20. The second-order valence-corrected chi connectivity index (χ2v) is 7.76. The van der Waals surface area contributed by atoms with Gasteiger partial charge in [-0.15, -0.1) is 22.9 Å². The van der Waals surface area contributed by atoms with Crippen molar-refractivity contribution < 1.29 is 4.74 Å². The first-order valence-corrected chi connectivity index (χ1v) is 8.61. The average Bonchev–Trinajstić information content (AvgIpc) is 2.76. The van der Waals surface area contributed by atoms with E-state index in [1.807, 2.05) is 25.1 Å². The molecule has 0 saturated heterocycles. The van der Waals surface area contributed by atoms with Gasteiger partial charge < -0.3 is 4.74 Å². The molecular weight excluding hydrogens is 446 g/mol. The first-order chi connectivity index (χ1) is 8.61. The Morgan fingerprint density at radius 3 is 2.78 bits per heavy atom. The minimum absolute atomic E-state index is 0.130. The van der Waals surface area contributed by atoms with Gasteiger partial charge in [-0.25, -0.2) is 0 Å². The molecule has 0 aliphatic rings. The molecule has 1 aromatic carbocycles. The van der Waals surface area contributed by atoms with Gasteiger partial charge in [0.2, 0.25) is 0 Å². The predicted molar refractivity (Wildman–Crippen MR) is 90.0 cm³/mol. The highest BCUT2D eigenvalue weighted by Crippen LogP contribution is 2.37. The summed E-state index contributed by atoms with van der Waals surface area (Å²) in [5.74, 6) is 0.858. The molecule has 1 aromatic heterocycles. The molecule has 0 bridgehead atoms. The van der Waals surface area contributed by atoms with E-state index in [0.717, 1.165) is 21.3 Å². The van der Waals surface area contributed by atoms with Gasteiger partial charge in [0.25, 0.3) is 0 Å². The smallest absolute Gasteiger partial charge is 0.120 e. The van der Waals surface area contributed by atoms with E-state index < -0.39 is 0 Å². The molecule has 1 unspecified atom stereocenters. The van der Waals surface area contributed by atoms with Gasteiger partial charge in [-0.1, -0.05) is 22.0 Å². The summed E-state index contributed by atoms with van der Waals surface area (Å²) in [6.45, 7) is 2.64. The van der Waals surface area contributed by atoms with Crippen LogP contribution in [0.4, 0.5) is 0 Å². The summed E-state index contributed by atoms with van der Waals surface area (Å²) < 4.78 is 7.69. The maximum atomic E-state index is 6.51. The Hall–Kier alpha value is 0.220. The second kappa shape index (κ2) is 6.59. The third-order valence-corrected chi connectivity index (χ3v) is 5.42. The number of thiophene rings is 1. The lowest BCUT2D eigenvalue weighted by Crippen LogP contribution is -1.95. The van der Waals surface area contributed by atoms with Crippen LogP contribution in [0.2, 0.25) is 0 Å².